The molecule has 43 heavy (non-hydrogen) atoms. The third-order valence-electron chi connectivity index (χ3n) is 8.66. The van der Waals surface area contributed by atoms with Gasteiger partial charge in [-0.05, 0) is 76.9 Å². The molecule has 0 amide bonds. The zero-order valence-corrected chi connectivity index (χ0v) is 24.6. The van der Waals surface area contributed by atoms with E-state index in [9.17, 15) is 0 Å². The van der Waals surface area contributed by atoms with Gasteiger partial charge in [-0.1, -0.05) is 74.5 Å². The lowest BCUT2D eigenvalue weighted by atomic mass is 9.73. The van der Waals surface area contributed by atoms with E-state index in [1.54, 1.807) is 6.20 Å². The first-order valence-corrected chi connectivity index (χ1v) is 15.3. The number of halogens is 1. The number of rotatable bonds is 4. The highest BCUT2D eigenvalue weighted by atomic mass is 32.1. The van der Waals surface area contributed by atoms with Gasteiger partial charge in [-0.2, -0.15) is 0 Å². The van der Waals surface area contributed by atoms with Crippen LogP contribution >= 0.6 is 11.3 Å². The van der Waals surface area contributed by atoms with Gasteiger partial charge in [0.1, 0.15) is 5.82 Å². The number of anilines is 3. The van der Waals surface area contributed by atoms with E-state index in [-0.39, 0.29) is 5.41 Å². The molecule has 208 valence electrons. The van der Waals surface area contributed by atoms with Crippen molar-refractivity contribution in [3.8, 4) is 11.3 Å². The fourth-order valence-electron chi connectivity index (χ4n) is 6.45. The van der Waals surface area contributed by atoms with Crippen LogP contribution in [0.25, 0.3) is 31.4 Å². The van der Waals surface area contributed by atoms with Crippen LogP contribution in [0.5, 0.6) is 0 Å². The first-order valence-electron chi connectivity index (χ1n) is 14.5. The minimum atomic E-state index is -1.30. The number of thiophene rings is 1. The van der Waals surface area contributed by atoms with Gasteiger partial charge in [0.15, 0.2) is 6.17 Å². The lowest BCUT2D eigenvalue weighted by Crippen LogP contribution is -2.31. The van der Waals surface area contributed by atoms with Crippen molar-refractivity contribution in [3.63, 3.8) is 0 Å². The third-order valence-corrected chi connectivity index (χ3v) is 9.79. The molecule has 5 heteroatoms. The van der Waals surface area contributed by atoms with Crippen LogP contribution in [-0.4, -0.2) is 9.97 Å². The van der Waals surface area contributed by atoms with Crippen LogP contribution in [-0.2, 0) is 5.41 Å². The van der Waals surface area contributed by atoms with E-state index in [1.807, 2.05) is 90.3 Å². The SMILES string of the molecule is CC1(C)c2ccc(C(F)c3cccc(-c4ccccn4)c3)cc2N(c2ccccn2)c2cc3c(cc21)sc1ccccc13. The lowest BCUT2D eigenvalue weighted by molar-refractivity contribution is 0.402. The molecule has 8 rings (SSSR count). The quantitative estimate of drug-likeness (QED) is 0.208. The number of nitrogens with zero attached hydrogens (tertiary/aromatic N) is 3. The van der Waals surface area contributed by atoms with Crippen molar-refractivity contribution in [2.45, 2.75) is 25.4 Å². The Kier molecular flexibility index (Phi) is 5.92. The lowest BCUT2D eigenvalue weighted by Gasteiger charge is -2.42. The second-order valence-corrected chi connectivity index (χ2v) is 12.7. The molecule has 0 spiro atoms. The maximum Gasteiger partial charge on any atom is 0.150 e. The summed E-state index contributed by atoms with van der Waals surface area (Å²) in [6.45, 7) is 4.53. The second kappa shape index (κ2) is 9.85. The van der Waals surface area contributed by atoms with Crippen molar-refractivity contribution in [1.82, 2.24) is 9.97 Å². The second-order valence-electron chi connectivity index (χ2n) is 11.6. The maximum absolute atomic E-state index is 16.4. The Morgan fingerprint density at radius 1 is 0.651 bits per heavy atom. The Morgan fingerprint density at radius 2 is 1.42 bits per heavy atom. The van der Waals surface area contributed by atoms with Crippen LogP contribution in [0.15, 0.2) is 128 Å². The summed E-state index contributed by atoms with van der Waals surface area (Å²) in [5.41, 5.74) is 7.05. The number of hydrogen-bond donors (Lipinski definition) is 0. The third kappa shape index (κ3) is 4.15. The molecule has 1 atom stereocenters. The maximum atomic E-state index is 16.4. The van der Waals surface area contributed by atoms with Gasteiger partial charge in [-0.15, -0.1) is 11.3 Å². The highest BCUT2D eigenvalue weighted by molar-refractivity contribution is 7.25. The average molecular weight is 578 g/mol. The summed E-state index contributed by atoms with van der Waals surface area (Å²) in [4.78, 5) is 11.5. The molecule has 7 aromatic rings. The minimum Gasteiger partial charge on any atom is -0.294 e. The summed E-state index contributed by atoms with van der Waals surface area (Å²) in [7, 11) is 0. The Bertz CT molecular complexity index is 2140. The van der Waals surface area contributed by atoms with Crippen molar-refractivity contribution in [3.05, 3.63) is 150 Å². The predicted molar refractivity (Wildman–Crippen MR) is 177 cm³/mol. The van der Waals surface area contributed by atoms with E-state index >= 15 is 4.39 Å². The van der Waals surface area contributed by atoms with Crippen molar-refractivity contribution in [2.24, 2.45) is 0 Å². The van der Waals surface area contributed by atoms with Crippen LogP contribution in [0.1, 0.15) is 42.3 Å². The molecule has 0 bridgehead atoms. The Labute approximate surface area is 253 Å². The van der Waals surface area contributed by atoms with Gasteiger partial charge in [-0.25, -0.2) is 9.37 Å². The van der Waals surface area contributed by atoms with Gasteiger partial charge >= 0.3 is 0 Å². The molecule has 1 unspecified atom stereocenters. The summed E-state index contributed by atoms with van der Waals surface area (Å²) in [5.74, 6) is 0.809. The zero-order valence-electron chi connectivity index (χ0n) is 23.8. The molecule has 3 aromatic heterocycles. The summed E-state index contributed by atoms with van der Waals surface area (Å²) in [6, 6.07) is 38.7. The molecule has 0 N–H and O–H groups in total. The van der Waals surface area contributed by atoms with Gasteiger partial charge in [0, 0.05) is 43.5 Å². The number of pyridine rings is 2. The Hall–Kier alpha value is -4.87. The molecule has 4 aromatic carbocycles. The number of alkyl halides is 1. The van der Waals surface area contributed by atoms with Gasteiger partial charge < -0.3 is 0 Å². The molecular formula is C38H28FN3S. The summed E-state index contributed by atoms with van der Waals surface area (Å²) < 4.78 is 19.0. The topological polar surface area (TPSA) is 29.0 Å². The minimum absolute atomic E-state index is 0.302. The molecule has 3 nitrogen and oxygen atoms in total. The summed E-state index contributed by atoms with van der Waals surface area (Å²) >= 11 is 1.83. The van der Waals surface area contributed by atoms with E-state index in [1.165, 1.54) is 25.7 Å². The largest absolute Gasteiger partial charge is 0.294 e. The predicted octanol–water partition coefficient (Wildman–Crippen LogP) is 10.7. The van der Waals surface area contributed by atoms with E-state index in [0.717, 1.165) is 34.0 Å². The molecule has 1 aliphatic rings. The molecule has 1 aliphatic heterocycles. The Balaban J connectivity index is 1.31. The molecule has 0 saturated carbocycles. The van der Waals surface area contributed by atoms with Gasteiger partial charge in [0.05, 0.1) is 17.1 Å². The Morgan fingerprint density at radius 3 is 2.23 bits per heavy atom. The van der Waals surface area contributed by atoms with Crippen LogP contribution in [0.2, 0.25) is 0 Å². The molecule has 0 aliphatic carbocycles. The van der Waals surface area contributed by atoms with Gasteiger partial charge in [0.2, 0.25) is 0 Å². The van der Waals surface area contributed by atoms with E-state index in [0.29, 0.717) is 11.1 Å². The summed E-state index contributed by atoms with van der Waals surface area (Å²) in [5, 5.41) is 2.48. The standard InChI is InChI=1S/C38H28FN3S/c1-38(2)29-17-16-26(37(39)25-11-9-10-24(20-25)31-13-5-7-18-40-31)21-32(29)42(36-15-6-8-19-41-36)33-22-28-27-12-3-4-14-34(27)43-35(28)23-30(33)38/h3-23,37H,1-2H3. The molecule has 0 saturated heterocycles. The number of aromatic nitrogens is 2. The van der Waals surface area contributed by atoms with Gasteiger partial charge in [-0.3, -0.25) is 9.88 Å². The van der Waals surface area contributed by atoms with Crippen LogP contribution in [0.4, 0.5) is 21.6 Å². The number of hydrogen-bond acceptors (Lipinski definition) is 4. The molecule has 0 radical (unpaired) electrons. The van der Waals surface area contributed by atoms with E-state index in [2.05, 4.69) is 66.2 Å². The highest BCUT2D eigenvalue weighted by Gasteiger charge is 2.38. The molecule has 0 fully saturated rings. The fourth-order valence-corrected chi connectivity index (χ4v) is 7.58. The average Bonchev–Trinajstić information content (AvgIpc) is 3.42. The van der Waals surface area contributed by atoms with E-state index in [4.69, 9.17) is 4.98 Å². The van der Waals surface area contributed by atoms with Crippen molar-refractivity contribution < 1.29 is 4.39 Å². The normalized spacial score (nSPS) is 14.4. The molecular weight excluding hydrogens is 550 g/mol. The zero-order chi connectivity index (χ0) is 29.1. The van der Waals surface area contributed by atoms with Gasteiger partial charge in [0.25, 0.3) is 0 Å². The number of benzene rings is 4. The highest BCUT2D eigenvalue weighted by Crippen LogP contribution is 2.54. The smallest absolute Gasteiger partial charge is 0.150 e. The van der Waals surface area contributed by atoms with Crippen molar-refractivity contribution in [1.29, 1.82) is 0 Å². The number of fused-ring (bicyclic) bond motifs is 5. The summed E-state index contributed by atoms with van der Waals surface area (Å²) in [6.07, 6.45) is 2.28. The fraction of sp³-hybridized carbons (Fsp3) is 0.105. The van der Waals surface area contributed by atoms with Crippen molar-refractivity contribution in [2.75, 3.05) is 4.90 Å². The van der Waals surface area contributed by atoms with Crippen LogP contribution < -0.4 is 4.90 Å². The molecule has 4 heterocycles. The first-order chi connectivity index (χ1) is 21.0. The first kappa shape index (κ1) is 25.8. The monoisotopic (exact) mass is 577 g/mol. The van der Waals surface area contributed by atoms with Crippen molar-refractivity contribution >= 4 is 48.7 Å². The van der Waals surface area contributed by atoms with Crippen LogP contribution in [0, 0.1) is 0 Å². The van der Waals surface area contributed by atoms with E-state index < -0.39 is 6.17 Å². The van der Waals surface area contributed by atoms with Crippen LogP contribution in [0.3, 0.4) is 0 Å².